The minimum absolute atomic E-state index is 0.104. The number of hydrogen-bond acceptors (Lipinski definition) is 6. The van der Waals surface area contributed by atoms with E-state index in [0.717, 1.165) is 93.8 Å². The summed E-state index contributed by atoms with van der Waals surface area (Å²) in [5.74, 6) is 1.87. The lowest BCUT2D eigenvalue weighted by atomic mass is 9.93. The summed E-state index contributed by atoms with van der Waals surface area (Å²) in [7, 11) is 0. The van der Waals surface area contributed by atoms with Crippen molar-refractivity contribution in [2.45, 2.75) is 77.0 Å². The molecule has 1 saturated carbocycles. The van der Waals surface area contributed by atoms with Gasteiger partial charge in [-0.3, -0.25) is 0 Å². The van der Waals surface area contributed by atoms with Crippen LogP contribution >= 0.6 is 0 Å². The van der Waals surface area contributed by atoms with E-state index in [-0.39, 0.29) is 12.2 Å². The fourth-order valence-electron chi connectivity index (χ4n) is 5.45. The number of hydrogen-bond donors (Lipinski definition) is 3. The van der Waals surface area contributed by atoms with Crippen LogP contribution in [0.25, 0.3) is 11.1 Å². The molecule has 6 heteroatoms. The van der Waals surface area contributed by atoms with Crippen LogP contribution in [0.3, 0.4) is 0 Å². The predicted octanol–water partition coefficient (Wildman–Crippen LogP) is 4.47. The Balaban J connectivity index is 1.27. The molecular formula is C30H44N2O4. The van der Waals surface area contributed by atoms with Crippen molar-refractivity contribution in [3.8, 4) is 22.6 Å². The molecule has 0 spiro atoms. The highest BCUT2D eigenvalue weighted by Gasteiger charge is 2.20. The summed E-state index contributed by atoms with van der Waals surface area (Å²) in [4.78, 5) is 2.31. The highest BCUT2D eigenvalue weighted by Crippen LogP contribution is 2.35. The van der Waals surface area contributed by atoms with Gasteiger partial charge in [0.15, 0.2) is 0 Å². The van der Waals surface area contributed by atoms with E-state index in [4.69, 9.17) is 9.47 Å². The molecule has 3 N–H and O–H groups in total. The predicted molar refractivity (Wildman–Crippen MR) is 145 cm³/mol. The van der Waals surface area contributed by atoms with Crippen molar-refractivity contribution in [3.63, 3.8) is 0 Å². The number of nitrogens with one attached hydrogen (secondary N) is 1. The molecule has 0 unspecified atom stereocenters. The monoisotopic (exact) mass is 496 g/mol. The zero-order chi connectivity index (χ0) is 25.3. The first-order valence-electron chi connectivity index (χ1n) is 13.8. The van der Waals surface area contributed by atoms with Crippen molar-refractivity contribution in [3.05, 3.63) is 47.5 Å². The van der Waals surface area contributed by atoms with E-state index in [1.54, 1.807) is 0 Å². The third kappa shape index (κ3) is 7.45. The third-order valence-corrected chi connectivity index (χ3v) is 7.69. The summed E-state index contributed by atoms with van der Waals surface area (Å²) in [6.45, 7) is 9.29. The van der Waals surface area contributed by atoms with Gasteiger partial charge in [0.25, 0.3) is 0 Å². The summed E-state index contributed by atoms with van der Waals surface area (Å²) in [6, 6.07) is 13.1. The number of ether oxygens (including phenoxy) is 2. The van der Waals surface area contributed by atoms with Crippen LogP contribution < -0.4 is 14.8 Å². The molecule has 1 saturated heterocycles. The zero-order valence-corrected chi connectivity index (χ0v) is 22.0. The lowest BCUT2D eigenvalue weighted by Gasteiger charge is -2.26. The van der Waals surface area contributed by atoms with Gasteiger partial charge in [0.05, 0.1) is 25.4 Å². The number of rotatable bonds is 12. The summed E-state index contributed by atoms with van der Waals surface area (Å²) >= 11 is 0. The van der Waals surface area contributed by atoms with Gasteiger partial charge in [-0.05, 0) is 99.7 Å². The molecule has 0 aromatic heterocycles. The van der Waals surface area contributed by atoms with Gasteiger partial charge >= 0.3 is 0 Å². The maximum absolute atomic E-state index is 9.69. The van der Waals surface area contributed by atoms with Gasteiger partial charge in [0, 0.05) is 25.7 Å². The Labute approximate surface area is 216 Å². The van der Waals surface area contributed by atoms with Crippen molar-refractivity contribution in [2.75, 3.05) is 39.4 Å². The summed E-state index contributed by atoms with van der Waals surface area (Å²) < 4.78 is 12.3. The number of aliphatic hydroxyl groups is 2. The fraction of sp³-hybridized carbons (Fsp3) is 0.600. The Morgan fingerprint density at radius 2 is 1.42 bits per heavy atom. The SMILES string of the molecule is Cc1c(OCCCN[C@H]2CC[C@H](O)CC2)cccc1-c1cccc(OCCCN2CC[C@@H](O)C2)c1C. The van der Waals surface area contributed by atoms with Gasteiger partial charge in [-0.2, -0.15) is 0 Å². The Kier molecular flexibility index (Phi) is 10.0. The molecule has 1 aliphatic heterocycles. The number of nitrogens with zero attached hydrogens (tertiary/aromatic N) is 1. The second-order valence-corrected chi connectivity index (χ2v) is 10.5. The first-order chi connectivity index (χ1) is 17.5. The van der Waals surface area contributed by atoms with Crippen molar-refractivity contribution in [1.29, 1.82) is 0 Å². The van der Waals surface area contributed by atoms with Crippen LogP contribution in [0.15, 0.2) is 36.4 Å². The number of aliphatic hydroxyl groups excluding tert-OH is 2. The minimum Gasteiger partial charge on any atom is -0.493 e. The second-order valence-electron chi connectivity index (χ2n) is 10.5. The molecule has 36 heavy (non-hydrogen) atoms. The van der Waals surface area contributed by atoms with Crippen LogP contribution in [-0.4, -0.2) is 72.8 Å². The normalized spacial score (nSPS) is 22.6. The van der Waals surface area contributed by atoms with E-state index in [1.165, 1.54) is 11.1 Å². The Morgan fingerprint density at radius 3 is 2.00 bits per heavy atom. The van der Waals surface area contributed by atoms with Gasteiger partial charge in [0.2, 0.25) is 0 Å². The maximum Gasteiger partial charge on any atom is 0.122 e. The summed E-state index contributed by atoms with van der Waals surface area (Å²) in [5, 5.41) is 23.0. The van der Waals surface area contributed by atoms with Crippen LogP contribution in [0.1, 0.15) is 56.1 Å². The molecule has 2 aromatic rings. The van der Waals surface area contributed by atoms with Crippen molar-refractivity contribution in [2.24, 2.45) is 0 Å². The number of benzene rings is 2. The molecule has 2 aromatic carbocycles. The molecule has 4 rings (SSSR count). The molecule has 1 heterocycles. The quantitative estimate of drug-likeness (QED) is 0.377. The highest BCUT2D eigenvalue weighted by molar-refractivity contribution is 5.74. The topological polar surface area (TPSA) is 74.2 Å². The van der Waals surface area contributed by atoms with E-state index >= 15 is 0 Å². The van der Waals surface area contributed by atoms with Gasteiger partial charge < -0.3 is 29.9 Å². The van der Waals surface area contributed by atoms with Gasteiger partial charge in [0.1, 0.15) is 11.5 Å². The maximum atomic E-state index is 9.69. The first-order valence-corrected chi connectivity index (χ1v) is 13.8. The van der Waals surface area contributed by atoms with Crippen molar-refractivity contribution >= 4 is 0 Å². The molecule has 2 aliphatic rings. The number of β-amino-alcohol motifs (C(OH)–C–C–N with tert-alkyl or cyclic N) is 1. The van der Waals surface area contributed by atoms with E-state index < -0.39 is 0 Å². The van der Waals surface area contributed by atoms with E-state index in [1.807, 2.05) is 6.07 Å². The van der Waals surface area contributed by atoms with E-state index in [0.29, 0.717) is 19.3 Å². The first kappa shape index (κ1) is 26.9. The lowest BCUT2D eigenvalue weighted by Crippen LogP contribution is -2.35. The minimum atomic E-state index is -0.165. The smallest absolute Gasteiger partial charge is 0.122 e. The lowest BCUT2D eigenvalue weighted by molar-refractivity contribution is 0.116. The Morgan fingerprint density at radius 1 is 0.806 bits per heavy atom. The van der Waals surface area contributed by atoms with Gasteiger partial charge in [-0.25, -0.2) is 0 Å². The van der Waals surface area contributed by atoms with Gasteiger partial charge in [-0.1, -0.05) is 24.3 Å². The zero-order valence-electron chi connectivity index (χ0n) is 22.0. The molecule has 198 valence electrons. The van der Waals surface area contributed by atoms with Crippen LogP contribution in [0.2, 0.25) is 0 Å². The molecule has 6 nitrogen and oxygen atoms in total. The average molecular weight is 497 g/mol. The molecule has 1 aliphatic carbocycles. The van der Waals surface area contributed by atoms with Crippen molar-refractivity contribution < 1.29 is 19.7 Å². The van der Waals surface area contributed by atoms with Crippen molar-refractivity contribution in [1.82, 2.24) is 10.2 Å². The van der Waals surface area contributed by atoms with Gasteiger partial charge in [-0.15, -0.1) is 0 Å². The Bertz CT molecular complexity index is 958. The largest absolute Gasteiger partial charge is 0.493 e. The molecule has 0 bridgehead atoms. The molecular weight excluding hydrogens is 452 g/mol. The fourth-order valence-corrected chi connectivity index (χ4v) is 5.45. The van der Waals surface area contributed by atoms with E-state index in [2.05, 4.69) is 54.4 Å². The van der Waals surface area contributed by atoms with Crippen LogP contribution in [-0.2, 0) is 0 Å². The molecule has 1 atom stereocenters. The molecule has 0 radical (unpaired) electrons. The molecule has 2 fully saturated rings. The molecule has 0 amide bonds. The van der Waals surface area contributed by atoms with E-state index in [9.17, 15) is 10.2 Å². The number of likely N-dealkylation sites (tertiary alicyclic amines) is 1. The highest BCUT2D eigenvalue weighted by atomic mass is 16.5. The van der Waals surface area contributed by atoms with Crippen LogP contribution in [0.4, 0.5) is 0 Å². The second kappa shape index (κ2) is 13.4. The average Bonchev–Trinajstić information content (AvgIpc) is 3.30. The Hall–Kier alpha value is -2.12. The standard InChI is InChI=1S/C30H44N2O4/c1-22-27(7-3-9-29(22)35-19-5-16-31-24-11-13-25(33)14-12-24)28-8-4-10-30(23(28)2)36-20-6-17-32-18-15-26(34)21-32/h3-4,7-10,24-26,31,33-34H,5-6,11-21H2,1-2H3/t24-,25-,26-/m1/s1. The third-order valence-electron chi connectivity index (χ3n) is 7.69. The van der Waals surface area contributed by atoms with Crippen LogP contribution in [0, 0.1) is 13.8 Å². The van der Waals surface area contributed by atoms with Crippen LogP contribution in [0.5, 0.6) is 11.5 Å². The summed E-state index contributed by atoms with van der Waals surface area (Å²) in [6.07, 6.45) is 6.48. The summed E-state index contributed by atoms with van der Waals surface area (Å²) in [5.41, 5.74) is 4.66.